The van der Waals surface area contributed by atoms with Gasteiger partial charge >= 0.3 is 0 Å². The fourth-order valence-electron chi connectivity index (χ4n) is 0. The highest BCUT2D eigenvalue weighted by Gasteiger charge is 1.67. The van der Waals surface area contributed by atoms with E-state index in [0.29, 0.717) is 0 Å². The van der Waals surface area contributed by atoms with Crippen LogP contribution >= 0.6 is 0 Å². The predicted molar refractivity (Wildman–Crippen MR) is 11.4 cm³/mol. The summed E-state index contributed by atoms with van der Waals surface area (Å²) in [7, 11) is 0. The third-order valence-corrected chi connectivity index (χ3v) is 0.0583. The maximum absolute atomic E-state index is 10.3. The summed E-state index contributed by atoms with van der Waals surface area (Å²) >= 11 is 0. The SMILES string of the molecule is F[CH]CF. The van der Waals surface area contributed by atoms with E-state index in [-0.39, 0.29) is 6.67 Å². The Hall–Kier alpha value is -0.140. The van der Waals surface area contributed by atoms with Crippen LogP contribution in [0.25, 0.3) is 0 Å². The minimum Gasteiger partial charge on any atom is -0.248 e. The molecule has 0 aromatic carbocycles. The minimum atomic E-state index is -0.972. The molecular formula is C2H3F2. The maximum atomic E-state index is 10.3. The molecule has 0 aromatic rings. The highest BCUT2D eigenvalue weighted by Crippen LogP contribution is 1.72. The van der Waals surface area contributed by atoms with Gasteiger partial charge in [0.1, 0.15) is 6.67 Å². The fraction of sp³-hybridized carbons (Fsp3) is 0.500. The Morgan fingerprint density at radius 1 is 1.75 bits per heavy atom. The third kappa shape index (κ3) is 1.86. The number of hydrogen-bond acceptors (Lipinski definition) is 0. The van der Waals surface area contributed by atoms with Crippen LogP contribution in [0.2, 0.25) is 0 Å². The van der Waals surface area contributed by atoms with Crippen molar-refractivity contribution in [2.45, 2.75) is 0 Å². The van der Waals surface area contributed by atoms with E-state index in [2.05, 4.69) is 0 Å². The van der Waals surface area contributed by atoms with Crippen molar-refractivity contribution < 1.29 is 8.78 Å². The van der Waals surface area contributed by atoms with Crippen molar-refractivity contribution in [3.63, 3.8) is 0 Å². The van der Waals surface area contributed by atoms with Crippen LogP contribution in [0.15, 0.2) is 0 Å². The standard InChI is InChI=1S/C2H3F2/c3-1-2-4/h1H,2H2. The topological polar surface area (TPSA) is 0 Å². The van der Waals surface area contributed by atoms with Crippen LogP contribution in [0.3, 0.4) is 0 Å². The van der Waals surface area contributed by atoms with Gasteiger partial charge in [-0.15, -0.1) is 0 Å². The van der Waals surface area contributed by atoms with Crippen LogP contribution < -0.4 is 0 Å². The van der Waals surface area contributed by atoms with Crippen molar-refractivity contribution in [1.82, 2.24) is 0 Å². The van der Waals surface area contributed by atoms with Crippen LogP contribution in [-0.2, 0) is 0 Å². The molecule has 0 spiro atoms. The Bertz CT molecular complexity index is 6.00. The molecule has 0 heterocycles. The van der Waals surface area contributed by atoms with Crippen LogP contribution in [0.5, 0.6) is 0 Å². The summed E-state index contributed by atoms with van der Waals surface area (Å²) < 4.78 is 20.5. The van der Waals surface area contributed by atoms with Crippen LogP contribution in [-0.4, -0.2) is 6.67 Å². The van der Waals surface area contributed by atoms with Gasteiger partial charge in [0.05, 0.1) is 0 Å². The lowest BCUT2D eigenvalue weighted by molar-refractivity contribution is 0.450. The highest BCUT2D eigenvalue weighted by molar-refractivity contribution is 4.34. The Kier molecular flexibility index (Phi) is 2.76. The molecule has 1 radical (unpaired) electrons. The molecule has 0 aliphatic heterocycles. The first-order valence-electron chi connectivity index (χ1n) is 0.894. The van der Waals surface area contributed by atoms with Gasteiger partial charge in [0.25, 0.3) is 0 Å². The zero-order chi connectivity index (χ0) is 3.41. The van der Waals surface area contributed by atoms with Gasteiger partial charge in [0.15, 0.2) is 6.67 Å². The molecular weight excluding hydrogens is 62.0 g/mol. The Morgan fingerprint density at radius 2 is 2.00 bits per heavy atom. The van der Waals surface area contributed by atoms with Crippen LogP contribution in [0, 0.1) is 6.67 Å². The molecule has 0 atom stereocenters. The monoisotopic (exact) mass is 65.0 g/mol. The largest absolute Gasteiger partial charge is 0.248 e. The molecule has 0 unspecified atom stereocenters. The smallest absolute Gasteiger partial charge is 0.162 e. The van der Waals surface area contributed by atoms with E-state index in [9.17, 15) is 8.78 Å². The molecule has 0 aliphatic carbocycles. The van der Waals surface area contributed by atoms with E-state index in [4.69, 9.17) is 0 Å². The molecule has 0 nitrogen and oxygen atoms in total. The summed E-state index contributed by atoms with van der Waals surface area (Å²) in [5, 5.41) is 0. The van der Waals surface area contributed by atoms with E-state index in [1.807, 2.05) is 0 Å². The Balaban J connectivity index is 1.97. The van der Waals surface area contributed by atoms with Crippen molar-refractivity contribution in [2.24, 2.45) is 0 Å². The van der Waals surface area contributed by atoms with E-state index in [0.717, 1.165) is 0 Å². The van der Waals surface area contributed by atoms with Crippen molar-refractivity contribution in [3.8, 4) is 0 Å². The minimum absolute atomic E-state index is 0.0417. The lowest BCUT2D eigenvalue weighted by atomic mass is 10.9. The van der Waals surface area contributed by atoms with Gasteiger partial charge < -0.3 is 0 Å². The van der Waals surface area contributed by atoms with E-state index in [1.54, 1.807) is 0 Å². The van der Waals surface area contributed by atoms with Gasteiger partial charge in [-0.3, -0.25) is 0 Å². The molecule has 0 aliphatic rings. The summed E-state index contributed by atoms with van der Waals surface area (Å²) in [6.07, 6.45) is 0. The van der Waals surface area contributed by atoms with Gasteiger partial charge in [-0.05, 0) is 0 Å². The normalized spacial score (nSPS) is 7.50. The Morgan fingerprint density at radius 3 is 2.00 bits per heavy atom. The van der Waals surface area contributed by atoms with Gasteiger partial charge in [-0.2, -0.15) is 0 Å². The Labute approximate surface area is 23.4 Å². The first-order chi connectivity index (χ1) is 1.91. The summed E-state index contributed by atoms with van der Waals surface area (Å²) in [6, 6.07) is 0. The van der Waals surface area contributed by atoms with E-state index in [1.165, 1.54) is 0 Å². The molecule has 0 aromatic heterocycles. The fourth-order valence-corrected chi connectivity index (χ4v) is 0. The number of rotatable bonds is 1. The van der Waals surface area contributed by atoms with Crippen molar-refractivity contribution >= 4 is 0 Å². The molecule has 0 fully saturated rings. The number of hydrogen-bond donors (Lipinski definition) is 0. The molecule has 0 rings (SSSR count). The molecule has 0 bridgehead atoms. The highest BCUT2D eigenvalue weighted by atomic mass is 19.2. The summed E-state index contributed by atoms with van der Waals surface area (Å²) in [5.41, 5.74) is 0. The van der Waals surface area contributed by atoms with Crippen LogP contribution in [0.4, 0.5) is 8.78 Å². The molecule has 4 heavy (non-hydrogen) atoms. The number of halogens is 2. The average Bonchev–Trinajstić information content (AvgIpc) is 1.37. The molecule has 0 N–H and O–H groups in total. The zero-order valence-electron chi connectivity index (χ0n) is 2.04. The average molecular weight is 65.0 g/mol. The first-order valence-corrected chi connectivity index (χ1v) is 0.894. The third-order valence-electron chi connectivity index (χ3n) is 0.0583. The molecule has 2 heteroatoms. The van der Waals surface area contributed by atoms with E-state index >= 15 is 0 Å². The van der Waals surface area contributed by atoms with Gasteiger partial charge in [-0.1, -0.05) is 0 Å². The second-order valence-corrected chi connectivity index (χ2v) is 0.309. The molecule has 0 saturated carbocycles. The van der Waals surface area contributed by atoms with Crippen LogP contribution in [0.1, 0.15) is 0 Å². The second-order valence-electron chi connectivity index (χ2n) is 0.309. The van der Waals surface area contributed by atoms with Gasteiger partial charge in [0, 0.05) is 0 Å². The van der Waals surface area contributed by atoms with E-state index < -0.39 is 6.67 Å². The number of alkyl halides is 1. The maximum Gasteiger partial charge on any atom is 0.162 e. The lowest BCUT2D eigenvalue weighted by Crippen LogP contribution is -1.57. The summed E-state index contributed by atoms with van der Waals surface area (Å²) in [4.78, 5) is 0. The summed E-state index contributed by atoms with van der Waals surface area (Å²) in [6.45, 7) is -1.01. The first kappa shape index (κ1) is 3.86. The van der Waals surface area contributed by atoms with Gasteiger partial charge in [-0.25, -0.2) is 8.78 Å². The van der Waals surface area contributed by atoms with Crippen molar-refractivity contribution in [3.05, 3.63) is 6.67 Å². The van der Waals surface area contributed by atoms with Crippen molar-refractivity contribution in [1.29, 1.82) is 0 Å². The summed E-state index contributed by atoms with van der Waals surface area (Å²) in [5.74, 6) is 0. The quantitative estimate of drug-likeness (QED) is 0.429. The lowest BCUT2D eigenvalue weighted by Gasteiger charge is -1.60. The second kappa shape index (κ2) is 2.86. The molecule has 25 valence electrons. The molecule has 0 saturated heterocycles. The molecule has 0 amide bonds. The van der Waals surface area contributed by atoms with Crippen molar-refractivity contribution in [2.75, 3.05) is 6.67 Å². The predicted octanol–water partition coefficient (Wildman–Crippen LogP) is 1.09. The van der Waals surface area contributed by atoms with Gasteiger partial charge in [0.2, 0.25) is 0 Å². The zero-order valence-corrected chi connectivity index (χ0v) is 2.04.